The molecule has 0 unspecified atom stereocenters. The molecule has 1 aromatic rings. The fourth-order valence-electron chi connectivity index (χ4n) is 2.11. The van der Waals surface area contributed by atoms with Gasteiger partial charge in [0, 0.05) is 5.41 Å². The summed E-state index contributed by atoms with van der Waals surface area (Å²) in [5.74, 6) is 0.0903. The highest BCUT2D eigenvalue weighted by molar-refractivity contribution is 9.10. The SMILES string of the molecule is Cc1cc(NC(=O)C2(C)CCNCC2)cnc1Br. The number of hydrogen-bond donors (Lipinski definition) is 2. The van der Waals surface area contributed by atoms with Crippen molar-refractivity contribution >= 4 is 27.5 Å². The Morgan fingerprint density at radius 1 is 1.50 bits per heavy atom. The number of amides is 1. The molecule has 0 saturated carbocycles. The molecule has 2 rings (SSSR count). The van der Waals surface area contributed by atoms with Crippen molar-refractivity contribution in [3.05, 3.63) is 22.4 Å². The van der Waals surface area contributed by atoms with Gasteiger partial charge in [-0.05, 0) is 60.4 Å². The highest BCUT2D eigenvalue weighted by Crippen LogP contribution is 2.29. The second kappa shape index (κ2) is 5.36. The molecule has 0 aromatic carbocycles. The van der Waals surface area contributed by atoms with Gasteiger partial charge in [-0.1, -0.05) is 6.92 Å². The van der Waals surface area contributed by atoms with Crippen molar-refractivity contribution in [1.82, 2.24) is 10.3 Å². The number of rotatable bonds is 2. The van der Waals surface area contributed by atoms with E-state index in [-0.39, 0.29) is 11.3 Å². The van der Waals surface area contributed by atoms with Crippen LogP contribution in [0.1, 0.15) is 25.3 Å². The molecule has 4 nitrogen and oxygen atoms in total. The monoisotopic (exact) mass is 311 g/mol. The highest BCUT2D eigenvalue weighted by Gasteiger charge is 2.34. The number of carbonyl (C=O) groups excluding carboxylic acids is 1. The molecule has 1 amide bonds. The summed E-state index contributed by atoms with van der Waals surface area (Å²) in [6, 6.07) is 1.93. The maximum Gasteiger partial charge on any atom is 0.230 e. The predicted octanol–water partition coefficient (Wildman–Crippen LogP) is 2.48. The van der Waals surface area contributed by atoms with Crippen molar-refractivity contribution in [2.75, 3.05) is 18.4 Å². The van der Waals surface area contributed by atoms with Gasteiger partial charge >= 0.3 is 0 Å². The quantitative estimate of drug-likeness (QED) is 0.825. The Morgan fingerprint density at radius 3 is 2.78 bits per heavy atom. The van der Waals surface area contributed by atoms with Crippen LogP contribution in [0, 0.1) is 12.3 Å². The zero-order valence-electron chi connectivity index (χ0n) is 10.7. The minimum absolute atomic E-state index is 0.0903. The van der Waals surface area contributed by atoms with Gasteiger partial charge in [0.15, 0.2) is 0 Å². The fraction of sp³-hybridized carbons (Fsp3) is 0.538. The Balaban J connectivity index is 2.08. The topological polar surface area (TPSA) is 54.0 Å². The third kappa shape index (κ3) is 2.90. The number of nitrogens with one attached hydrogen (secondary N) is 2. The minimum atomic E-state index is -0.272. The molecule has 1 aliphatic rings. The lowest BCUT2D eigenvalue weighted by Gasteiger charge is -2.32. The Bertz CT molecular complexity index is 456. The number of halogens is 1. The molecule has 1 aromatic heterocycles. The average Bonchev–Trinajstić information content (AvgIpc) is 2.35. The largest absolute Gasteiger partial charge is 0.324 e. The summed E-state index contributed by atoms with van der Waals surface area (Å²) in [5.41, 5.74) is 1.51. The van der Waals surface area contributed by atoms with Gasteiger partial charge in [-0.15, -0.1) is 0 Å². The smallest absolute Gasteiger partial charge is 0.230 e. The zero-order chi connectivity index (χ0) is 13.2. The standard InChI is InChI=1S/C13H18BrN3O/c1-9-7-10(8-16-11(9)14)17-12(18)13(2)3-5-15-6-4-13/h7-8,15H,3-6H2,1-2H3,(H,17,18). The molecule has 0 radical (unpaired) electrons. The van der Waals surface area contributed by atoms with E-state index in [1.165, 1.54) is 0 Å². The van der Waals surface area contributed by atoms with Gasteiger partial charge in [0.1, 0.15) is 4.60 Å². The van der Waals surface area contributed by atoms with Crippen LogP contribution in [0.4, 0.5) is 5.69 Å². The van der Waals surface area contributed by atoms with Crippen LogP contribution in [0.5, 0.6) is 0 Å². The number of piperidine rings is 1. The van der Waals surface area contributed by atoms with E-state index in [0.717, 1.165) is 41.8 Å². The number of nitrogens with zero attached hydrogens (tertiary/aromatic N) is 1. The Kier molecular flexibility index (Phi) is 4.02. The van der Waals surface area contributed by atoms with E-state index >= 15 is 0 Å². The average molecular weight is 312 g/mol. The van der Waals surface area contributed by atoms with Gasteiger partial charge in [-0.25, -0.2) is 4.98 Å². The summed E-state index contributed by atoms with van der Waals surface area (Å²) in [7, 11) is 0. The summed E-state index contributed by atoms with van der Waals surface area (Å²) >= 11 is 3.35. The van der Waals surface area contributed by atoms with Gasteiger partial charge in [0.25, 0.3) is 0 Å². The van der Waals surface area contributed by atoms with Gasteiger partial charge in [0.2, 0.25) is 5.91 Å². The molecule has 2 heterocycles. The molecular formula is C13H18BrN3O. The van der Waals surface area contributed by atoms with Crippen LogP contribution in [0.25, 0.3) is 0 Å². The third-order valence-corrected chi connectivity index (χ3v) is 4.36. The van der Waals surface area contributed by atoms with Crippen LogP contribution in [0.15, 0.2) is 16.9 Å². The second-order valence-electron chi connectivity index (χ2n) is 5.10. The van der Waals surface area contributed by atoms with Crippen molar-refractivity contribution in [2.24, 2.45) is 5.41 Å². The maximum atomic E-state index is 12.3. The van der Waals surface area contributed by atoms with Crippen LogP contribution >= 0.6 is 15.9 Å². The summed E-state index contributed by atoms with van der Waals surface area (Å²) < 4.78 is 0.813. The first-order chi connectivity index (χ1) is 8.51. The second-order valence-corrected chi connectivity index (χ2v) is 5.85. The Labute approximate surface area is 116 Å². The molecule has 1 aliphatic heterocycles. The number of aryl methyl sites for hydroxylation is 1. The van der Waals surface area contributed by atoms with Crippen LogP contribution < -0.4 is 10.6 Å². The van der Waals surface area contributed by atoms with Crippen LogP contribution in [0.2, 0.25) is 0 Å². The van der Waals surface area contributed by atoms with E-state index in [2.05, 4.69) is 31.5 Å². The number of hydrogen-bond acceptors (Lipinski definition) is 3. The van der Waals surface area contributed by atoms with Crippen molar-refractivity contribution in [1.29, 1.82) is 0 Å². The predicted molar refractivity (Wildman–Crippen MR) is 75.5 cm³/mol. The molecule has 0 atom stereocenters. The summed E-state index contributed by atoms with van der Waals surface area (Å²) in [6.45, 7) is 5.80. The molecule has 0 bridgehead atoms. The maximum absolute atomic E-state index is 12.3. The minimum Gasteiger partial charge on any atom is -0.324 e. The first-order valence-corrected chi connectivity index (χ1v) is 6.95. The first kappa shape index (κ1) is 13.5. The molecule has 1 saturated heterocycles. The zero-order valence-corrected chi connectivity index (χ0v) is 12.3. The van der Waals surface area contributed by atoms with Crippen molar-refractivity contribution < 1.29 is 4.79 Å². The molecule has 0 aliphatic carbocycles. The lowest BCUT2D eigenvalue weighted by Crippen LogP contribution is -2.42. The molecule has 18 heavy (non-hydrogen) atoms. The summed E-state index contributed by atoms with van der Waals surface area (Å²) in [5, 5.41) is 6.25. The van der Waals surface area contributed by atoms with E-state index in [1.54, 1.807) is 6.20 Å². The summed E-state index contributed by atoms with van der Waals surface area (Å²) in [4.78, 5) is 16.5. The van der Waals surface area contributed by atoms with Crippen LogP contribution in [-0.4, -0.2) is 24.0 Å². The van der Waals surface area contributed by atoms with Crippen molar-refractivity contribution in [3.8, 4) is 0 Å². The van der Waals surface area contributed by atoms with E-state index < -0.39 is 0 Å². The lowest BCUT2D eigenvalue weighted by molar-refractivity contribution is -0.126. The lowest BCUT2D eigenvalue weighted by atomic mass is 9.80. The van der Waals surface area contributed by atoms with Gasteiger partial charge in [0.05, 0.1) is 11.9 Å². The van der Waals surface area contributed by atoms with Crippen molar-refractivity contribution in [3.63, 3.8) is 0 Å². The van der Waals surface area contributed by atoms with Gasteiger partial charge in [-0.2, -0.15) is 0 Å². The molecular weight excluding hydrogens is 294 g/mol. The number of anilines is 1. The normalized spacial score (nSPS) is 18.4. The van der Waals surface area contributed by atoms with Crippen molar-refractivity contribution in [2.45, 2.75) is 26.7 Å². The molecule has 98 valence electrons. The third-order valence-electron chi connectivity index (χ3n) is 3.53. The Hall–Kier alpha value is -0.940. The fourth-order valence-corrected chi connectivity index (χ4v) is 2.33. The number of aromatic nitrogens is 1. The van der Waals surface area contributed by atoms with Gasteiger partial charge < -0.3 is 10.6 Å². The molecule has 1 fully saturated rings. The highest BCUT2D eigenvalue weighted by atomic mass is 79.9. The van der Waals surface area contributed by atoms with E-state index in [9.17, 15) is 4.79 Å². The Morgan fingerprint density at radius 2 is 2.17 bits per heavy atom. The van der Waals surface area contributed by atoms with Crippen LogP contribution in [0.3, 0.4) is 0 Å². The van der Waals surface area contributed by atoms with E-state index in [0.29, 0.717) is 0 Å². The molecule has 0 spiro atoms. The number of carbonyl (C=O) groups is 1. The van der Waals surface area contributed by atoms with Crippen LogP contribution in [-0.2, 0) is 4.79 Å². The first-order valence-electron chi connectivity index (χ1n) is 6.16. The molecule has 5 heteroatoms. The van der Waals surface area contributed by atoms with Gasteiger partial charge in [-0.3, -0.25) is 4.79 Å². The number of pyridine rings is 1. The van der Waals surface area contributed by atoms with E-state index in [1.807, 2.05) is 19.9 Å². The summed E-state index contributed by atoms with van der Waals surface area (Å²) in [6.07, 6.45) is 3.43. The van der Waals surface area contributed by atoms with E-state index in [4.69, 9.17) is 0 Å². The molecule has 2 N–H and O–H groups in total.